The Bertz CT molecular complexity index is 462. The number of terminal acetylenes is 1. The Morgan fingerprint density at radius 3 is 2.61 bits per heavy atom. The van der Waals surface area contributed by atoms with E-state index in [1.54, 1.807) is 24.3 Å². The van der Waals surface area contributed by atoms with E-state index in [-0.39, 0.29) is 19.6 Å². The van der Waals surface area contributed by atoms with E-state index in [9.17, 15) is 9.59 Å². The maximum Gasteiger partial charge on any atom is 0.310 e. The number of hydrogen-bond acceptors (Lipinski definition) is 3. The highest BCUT2D eigenvalue weighted by Gasteiger charge is 2.07. The van der Waals surface area contributed by atoms with Gasteiger partial charge in [-0.3, -0.25) is 9.59 Å². The van der Waals surface area contributed by atoms with E-state index in [1.807, 2.05) is 0 Å². The first-order valence-electron chi connectivity index (χ1n) is 5.22. The maximum absolute atomic E-state index is 11.4. The van der Waals surface area contributed by atoms with E-state index < -0.39 is 11.9 Å². The van der Waals surface area contributed by atoms with Crippen LogP contribution in [0.4, 0.5) is 0 Å². The molecule has 0 bridgehead atoms. The van der Waals surface area contributed by atoms with Crippen LogP contribution in [-0.2, 0) is 20.7 Å². The summed E-state index contributed by atoms with van der Waals surface area (Å²) >= 11 is 5.71. The van der Waals surface area contributed by atoms with Crippen molar-refractivity contribution >= 4 is 23.5 Å². The first-order valence-corrected chi connectivity index (χ1v) is 5.60. The van der Waals surface area contributed by atoms with Crippen molar-refractivity contribution in [2.24, 2.45) is 0 Å². The summed E-state index contributed by atoms with van der Waals surface area (Å²) in [6.45, 7) is -0.207. The molecule has 18 heavy (non-hydrogen) atoms. The van der Waals surface area contributed by atoms with Gasteiger partial charge in [0.05, 0.1) is 13.0 Å². The van der Waals surface area contributed by atoms with Gasteiger partial charge in [0.1, 0.15) is 0 Å². The molecule has 0 aliphatic carbocycles. The molecular weight excluding hydrogens is 254 g/mol. The smallest absolute Gasteiger partial charge is 0.310 e. The summed E-state index contributed by atoms with van der Waals surface area (Å²) in [6.07, 6.45) is 5.06. The highest BCUT2D eigenvalue weighted by molar-refractivity contribution is 6.30. The van der Waals surface area contributed by atoms with E-state index in [1.165, 1.54) is 0 Å². The average molecular weight is 266 g/mol. The van der Waals surface area contributed by atoms with Crippen molar-refractivity contribution in [3.8, 4) is 12.3 Å². The Morgan fingerprint density at radius 2 is 2.00 bits per heavy atom. The molecule has 0 heterocycles. The lowest BCUT2D eigenvalue weighted by atomic mass is 10.1. The van der Waals surface area contributed by atoms with E-state index in [4.69, 9.17) is 22.8 Å². The second-order valence-electron chi connectivity index (χ2n) is 3.44. The molecule has 0 radical (unpaired) electrons. The van der Waals surface area contributed by atoms with Crippen LogP contribution in [-0.4, -0.2) is 25.0 Å². The number of benzene rings is 1. The minimum absolute atomic E-state index is 0.0968. The molecule has 0 aliphatic rings. The van der Waals surface area contributed by atoms with Crippen LogP contribution in [0.15, 0.2) is 24.3 Å². The fraction of sp³-hybridized carbons (Fsp3) is 0.231. The van der Waals surface area contributed by atoms with Crippen LogP contribution in [0.5, 0.6) is 0 Å². The molecule has 0 spiro atoms. The van der Waals surface area contributed by atoms with E-state index >= 15 is 0 Å². The molecular formula is C13H12ClNO3. The lowest BCUT2D eigenvalue weighted by Gasteiger charge is -2.04. The molecule has 1 amide bonds. The first kappa shape index (κ1) is 14.1. The number of nitrogens with one attached hydrogen (secondary N) is 1. The van der Waals surface area contributed by atoms with Gasteiger partial charge >= 0.3 is 5.97 Å². The number of carbonyl (C=O) groups is 2. The number of halogens is 1. The summed E-state index contributed by atoms with van der Waals surface area (Å²) in [7, 11) is 0. The molecule has 5 heteroatoms. The quantitative estimate of drug-likeness (QED) is 0.642. The zero-order valence-electron chi connectivity index (χ0n) is 9.61. The molecule has 94 valence electrons. The van der Waals surface area contributed by atoms with Crippen LogP contribution >= 0.6 is 11.6 Å². The average Bonchev–Trinajstić information content (AvgIpc) is 2.36. The number of rotatable bonds is 5. The second-order valence-corrected chi connectivity index (χ2v) is 3.88. The van der Waals surface area contributed by atoms with Crippen LogP contribution in [0.1, 0.15) is 5.56 Å². The summed E-state index contributed by atoms with van der Waals surface area (Å²) in [5.41, 5.74) is 0.772. The van der Waals surface area contributed by atoms with Crippen LogP contribution in [0.25, 0.3) is 0 Å². The fourth-order valence-corrected chi connectivity index (χ4v) is 1.29. The van der Waals surface area contributed by atoms with Gasteiger partial charge in [-0.15, -0.1) is 6.42 Å². The van der Waals surface area contributed by atoms with Crippen molar-refractivity contribution in [3.05, 3.63) is 34.9 Å². The molecule has 0 unspecified atom stereocenters. The third-order valence-electron chi connectivity index (χ3n) is 2.01. The Morgan fingerprint density at radius 1 is 1.33 bits per heavy atom. The van der Waals surface area contributed by atoms with Gasteiger partial charge in [0, 0.05) is 5.02 Å². The van der Waals surface area contributed by atoms with Crippen molar-refractivity contribution in [3.63, 3.8) is 0 Å². The normalized spacial score (nSPS) is 9.33. The zero-order valence-corrected chi connectivity index (χ0v) is 10.4. The Kier molecular flexibility index (Phi) is 5.75. The standard InChI is InChI=1S/C13H12ClNO3/c1-2-7-15-12(16)9-18-13(17)8-10-3-5-11(14)6-4-10/h1,3-6H,7-9H2,(H,15,16). The SMILES string of the molecule is C#CCNC(=O)COC(=O)Cc1ccc(Cl)cc1. The predicted molar refractivity (Wildman–Crippen MR) is 68.0 cm³/mol. The molecule has 1 rings (SSSR count). The van der Waals surface area contributed by atoms with Crippen molar-refractivity contribution in [2.75, 3.05) is 13.2 Å². The van der Waals surface area contributed by atoms with Crippen molar-refractivity contribution in [1.82, 2.24) is 5.32 Å². The summed E-state index contributed by atoms with van der Waals surface area (Å²) in [5.74, 6) is 1.35. The van der Waals surface area contributed by atoms with Crippen LogP contribution < -0.4 is 5.32 Å². The Balaban J connectivity index is 2.32. The minimum atomic E-state index is -0.479. The Labute approximate surface area is 110 Å². The minimum Gasteiger partial charge on any atom is -0.455 e. The fourth-order valence-electron chi connectivity index (χ4n) is 1.17. The number of amides is 1. The van der Waals surface area contributed by atoms with Gasteiger partial charge in [-0.05, 0) is 17.7 Å². The lowest BCUT2D eigenvalue weighted by molar-refractivity contribution is -0.147. The van der Waals surface area contributed by atoms with Gasteiger partial charge in [0.25, 0.3) is 5.91 Å². The number of esters is 1. The molecule has 0 aliphatic heterocycles. The molecule has 1 aromatic rings. The third-order valence-corrected chi connectivity index (χ3v) is 2.27. The molecule has 1 N–H and O–H groups in total. The first-order chi connectivity index (χ1) is 8.61. The molecule has 0 saturated carbocycles. The molecule has 4 nitrogen and oxygen atoms in total. The van der Waals surface area contributed by atoms with Gasteiger partial charge in [0.15, 0.2) is 6.61 Å². The van der Waals surface area contributed by atoms with Crippen LogP contribution in [0.2, 0.25) is 5.02 Å². The maximum atomic E-state index is 11.4. The Hall–Kier alpha value is -1.99. The lowest BCUT2D eigenvalue weighted by Crippen LogP contribution is -2.29. The number of ether oxygens (including phenoxy) is 1. The second kappa shape index (κ2) is 7.36. The van der Waals surface area contributed by atoms with Crippen molar-refractivity contribution in [1.29, 1.82) is 0 Å². The molecule has 0 atom stereocenters. The van der Waals surface area contributed by atoms with Gasteiger partial charge in [0.2, 0.25) is 0 Å². The summed E-state index contributed by atoms with van der Waals surface area (Å²) < 4.78 is 4.78. The van der Waals surface area contributed by atoms with Crippen LogP contribution in [0.3, 0.4) is 0 Å². The van der Waals surface area contributed by atoms with Crippen LogP contribution in [0, 0.1) is 12.3 Å². The van der Waals surface area contributed by atoms with E-state index in [2.05, 4.69) is 11.2 Å². The molecule has 1 aromatic carbocycles. The molecule has 0 fully saturated rings. The van der Waals surface area contributed by atoms with Crippen molar-refractivity contribution < 1.29 is 14.3 Å². The summed E-state index contributed by atoms with van der Waals surface area (Å²) in [6, 6.07) is 6.82. The monoisotopic (exact) mass is 265 g/mol. The van der Waals surface area contributed by atoms with Gasteiger partial charge in [-0.2, -0.15) is 0 Å². The van der Waals surface area contributed by atoms with E-state index in [0.717, 1.165) is 5.56 Å². The molecule has 0 aromatic heterocycles. The highest BCUT2D eigenvalue weighted by Crippen LogP contribution is 2.10. The summed E-state index contributed by atoms with van der Waals surface area (Å²) in [4.78, 5) is 22.5. The molecule has 0 saturated heterocycles. The largest absolute Gasteiger partial charge is 0.455 e. The van der Waals surface area contributed by atoms with E-state index in [0.29, 0.717) is 5.02 Å². The van der Waals surface area contributed by atoms with Gasteiger partial charge < -0.3 is 10.1 Å². The zero-order chi connectivity index (χ0) is 13.4. The van der Waals surface area contributed by atoms with Crippen molar-refractivity contribution in [2.45, 2.75) is 6.42 Å². The predicted octanol–water partition coefficient (Wildman–Crippen LogP) is 1.18. The number of carbonyl (C=O) groups excluding carboxylic acids is 2. The third kappa shape index (κ3) is 5.37. The van der Waals surface area contributed by atoms with Gasteiger partial charge in [-0.25, -0.2) is 0 Å². The van der Waals surface area contributed by atoms with Gasteiger partial charge in [-0.1, -0.05) is 29.7 Å². The topological polar surface area (TPSA) is 55.4 Å². The number of hydrogen-bond donors (Lipinski definition) is 1. The summed E-state index contributed by atoms with van der Waals surface area (Å²) in [5, 5.41) is 2.99. The highest BCUT2D eigenvalue weighted by atomic mass is 35.5.